The molecule has 0 radical (unpaired) electrons. The number of hydrogen-bond acceptors (Lipinski definition) is 2. The summed E-state index contributed by atoms with van der Waals surface area (Å²) in [6.07, 6.45) is 3.36. The number of aromatic nitrogens is 3. The summed E-state index contributed by atoms with van der Waals surface area (Å²) in [5.74, 6) is 0. The lowest BCUT2D eigenvalue weighted by Gasteiger charge is -2.20. The monoisotopic (exact) mass is 193 g/mol. The Labute approximate surface area is 83.1 Å². The van der Waals surface area contributed by atoms with Crippen LogP contribution in [0.15, 0.2) is 23.3 Å². The smallest absolute Gasteiger partial charge is 0.304 e. The molecule has 14 heavy (non-hydrogen) atoms. The van der Waals surface area contributed by atoms with Gasteiger partial charge in [-0.15, -0.1) is 0 Å². The lowest BCUT2D eigenvalue weighted by molar-refractivity contribution is 0.397. The summed E-state index contributed by atoms with van der Waals surface area (Å²) in [7, 11) is 0. The summed E-state index contributed by atoms with van der Waals surface area (Å²) in [5.41, 5.74) is 1.39. The van der Waals surface area contributed by atoms with Crippen molar-refractivity contribution in [3.8, 4) is 0 Å². The van der Waals surface area contributed by atoms with Gasteiger partial charge in [-0.2, -0.15) is 0 Å². The van der Waals surface area contributed by atoms with E-state index in [4.69, 9.17) is 0 Å². The molecular formula is C10H15N3O. The quantitative estimate of drug-likeness (QED) is 0.692. The van der Waals surface area contributed by atoms with E-state index in [2.05, 4.69) is 9.97 Å². The topological polar surface area (TPSA) is 50.7 Å². The molecule has 0 unspecified atom stereocenters. The Balaban J connectivity index is 0.00000112. The van der Waals surface area contributed by atoms with E-state index in [-0.39, 0.29) is 12.7 Å². The van der Waals surface area contributed by atoms with Crippen LogP contribution in [-0.4, -0.2) is 14.5 Å². The van der Waals surface area contributed by atoms with Crippen LogP contribution in [0.5, 0.6) is 0 Å². The summed E-state index contributed by atoms with van der Waals surface area (Å²) in [6.45, 7) is 6.01. The van der Waals surface area contributed by atoms with Gasteiger partial charge in [0.1, 0.15) is 0 Å². The number of aromatic amines is 1. The number of hydrogen-bond donors (Lipinski definition) is 1. The van der Waals surface area contributed by atoms with Gasteiger partial charge in [0.15, 0.2) is 0 Å². The van der Waals surface area contributed by atoms with Crippen molar-refractivity contribution < 1.29 is 1.43 Å². The molecule has 0 aliphatic heterocycles. The van der Waals surface area contributed by atoms with Crippen molar-refractivity contribution in [2.45, 2.75) is 26.3 Å². The van der Waals surface area contributed by atoms with Crippen LogP contribution in [0.1, 0.15) is 22.2 Å². The van der Waals surface area contributed by atoms with Crippen molar-refractivity contribution >= 4 is 11.0 Å². The molecule has 2 rings (SSSR count). The van der Waals surface area contributed by atoms with Crippen LogP contribution >= 0.6 is 0 Å². The molecule has 0 fully saturated rings. The fraction of sp³-hybridized carbons (Fsp3) is 0.400. The molecule has 0 amide bonds. The molecule has 0 spiro atoms. The standard InChI is InChI=1S/C10H13N3O.H2/c1-10(2,3)13-8-4-5-11-6-7(8)12-9(13)14;/h4-6H,1-3H3,(H,12,14);1H. The summed E-state index contributed by atoms with van der Waals surface area (Å²) in [4.78, 5) is 18.4. The third kappa shape index (κ3) is 1.23. The second-order valence-electron chi connectivity index (χ2n) is 4.33. The Morgan fingerprint density at radius 3 is 2.86 bits per heavy atom. The molecule has 0 aromatic carbocycles. The maximum atomic E-state index is 11.7. The number of pyridine rings is 1. The Bertz CT molecular complexity index is 521. The lowest BCUT2D eigenvalue weighted by Crippen LogP contribution is -2.31. The first kappa shape index (κ1) is 8.99. The van der Waals surface area contributed by atoms with Gasteiger partial charge < -0.3 is 4.98 Å². The Morgan fingerprint density at radius 2 is 2.21 bits per heavy atom. The second-order valence-corrected chi connectivity index (χ2v) is 4.33. The van der Waals surface area contributed by atoms with Crippen LogP contribution in [0.4, 0.5) is 0 Å². The summed E-state index contributed by atoms with van der Waals surface area (Å²) in [6, 6.07) is 1.85. The van der Waals surface area contributed by atoms with E-state index in [1.807, 2.05) is 26.8 Å². The van der Waals surface area contributed by atoms with E-state index in [1.54, 1.807) is 17.0 Å². The van der Waals surface area contributed by atoms with Gasteiger partial charge in [0.05, 0.1) is 17.2 Å². The van der Waals surface area contributed by atoms with E-state index >= 15 is 0 Å². The molecule has 0 bridgehead atoms. The van der Waals surface area contributed by atoms with Crippen LogP contribution in [0.3, 0.4) is 0 Å². The van der Waals surface area contributed by atoms with Gasteiger partial charge in [-0.25, -0.2) is 4.79 Å². The zero-order valence-electron chi connectivity index (χ0n) is 8.53. The van der Waals surface area contributed by atoms with Crippen LogP contribution in [0.2, 0.25) is 0 Å². The zero-order chi connectivity index (χ0) is 10.3. The van der Waals surface area contributed by atoms with Gasteiger partial charge in [-0.3, -0.25) is 9.55 Å². The van der Waals surface area contributed by atoms with Crippen LogP contribution in [-0.2, 0) is 5.54 Å². The minimum atomic E-state index is -0.212. The highest BCUT2D eigenvalue weighted by molar-refractivity contribution is 5.73. The van der Waals surface area contributed by atoms with Crippen molar-refractivity contribution in [3.05, 3.63) is 28.9 Å². The summed E-state index contributed by atoms with van der Waals surface area (Å²) in [5, 5.41) is 0. The number of fused-ring (bicyclic) bond motifs is 1. The van der Waals surface area contributed by atoms with E-state index in [9.17, 15) is 4.79 Å². The van der Waals surface area contributed by atoms with Crippen LogP contribution in [0.25, 0.3) is 11.0 Å². The van der Waals surface area contributed by atoms with Gasteiger partial charge >= 0.3 is 5.69 Å². The minimum Gasteiger partial charge on any atom is -0.304 e. The van der Waals surface area contributed by atoms with E-state index in [1.165, 1.54) is 0 Å². The molecule has 2 aromatic rings. The van der Waals surface area contributed by atoms with E-state index < -0.39 is 0 Å². The molecule has 0 atom stereocenters. The molecule has 4 heteroatoms. The molecule has 0 aliphatic carbocycles. The highest BCUT2D eigenvalue weighted by atomic mass is 16.1. The first-order chi connectivity index (χ1) is 6.50. The highest BCUT2D eigenvalue weighted by Crippen LogP contribution is 2.17. The molecule has 4 nitrogen and oxygen atoms in total. The SMILES string of the molecule is CC(C)(C)n1c(=O)[nH]c2cnccc21.[HH]. The average Bonchev–Trinajstić information content (AvgIpc) is 2.38. The van der Waals surface area contributed by atoms with Crippen molar-refractivity contribution in [2.75, 3.05) is 0 Å². The van der Waals surface area contributed by atoms with E-state index in [0.29, 0.717) is 0 Å². The molecule has 0 saturated heterocycles. The molecule has 1 N–H and O–H groups in total. The van der Waals surface area contributed by atoms with Gasteiger partial charge in [0, 0.05) is 13.2 Å². The van der Waals surface area contributed by atoms with Gasteiger partial charge in [-0.1, -0.05) is 0 Å². The van der Waals surface area contributed by atoms with Crippen molar-refractivity contribution in [3.63, 3.8) is 0 Å². The van der Waals surface area contributed by atoms with Crippen LogP contribution < -0.4 is 5.69 Å². The zero-order valence-corrected chi connectivity index (χ0v) is 8.53. The summed E-state index contributed by atoms with van der Waals surface area (Å²) >= 11 is 0. The Hall–Kier alpha value is -1.58. The van der Waals surface area contributed by atoms with Gasteiger partial charge in [0.2, 0.25) is 0 Å². The Kier molecular flexibility index (Phi) is 1.74. The maximum Gasteiger partial charge on any atom is 0.326 e. The number of H-pyrrole nitrogens is 1. The molecule has 0 saturated carbocycles. The molecule has 2 heterocycles. The third-order valence-electron chi connectivity index (χ3n) is 2.15. The minimum absolute atomic E-state index is 0. The fourth-order valence-corrected chi connectivity index (χ4v) is 1.62. The number of rotatable bonds is 0. The average molecular weight is 193 g/mol. The highest BCUT2D eigenvalue weighted by Gasteiger charge is 2.18. The maximum absolute atomic E-state index is 11.7. The first-order valence-electron chi connectivity index (χ1n) is 4.55. The van der Waals surface area contributed by atoms with Gasteiger partial charge in [0.25, 0.3) is 0 Å². The Morgan fingerprint density at radius 1 is 1.50 bits per heavy atom. The van der Waals surface area contributed by atoms with E-state index in [0.717, 1.165) is 11.0 Å². The second kappa shape index (κ2) is 2.70. The van der Waals surface area contributed by atoms with Crippen molar-refractivity contribution in [1.29, 1.82) is 0 Å². The van der Waals surface area contributed by atoms with Crippen molar-refractivity contribution in [1.82, 2.24) is 14.5 Å². The molecular weight excluding hydrogens is 178 g/mol. The normalized spacial score (nSPS) is 12.2. The molecule has 76 valence electrons. The first-order valence-corrected chi connectivity index (χ1v) is 4.55. The molecule has 2 aromatic heterocycles. The number of nitrogens with one attached hydrogen (secondary N) is 1. The van der Waals surface area contributed by atoms with Gasteiger partial charge in [-0.05, 0) is 26.8 Å². The van der Waals surface area contributed by atoms with Crippen molar-refractivity contribution in [2.24, 2.45) is 0 Å². The molecule has 0 aliphatic rings. The predicted octanol–water partition coefficient (Wildman–Crippen LogP) is 1.73. The third-order valence-corrected chi connectivity index (χ3v) is 2.15. The number of imidazole rings is 1. The number of nitrogens with zero attached hydrogens (tertiary/aromatic N) is 2. The lowest BCUT2D eigenvalue weighted by atomic mass is 10.1. The largest absolute Gasteiger partial charge is 0.326 e. The fourth-order valence-electron chi connectivity index (χ4n) is 1.62. The summed E-state index contributed by atoms with van der Waals surface area (Å²) < 4.78 is 1.74. The predicted molar refractivity (Wildman–Crippen MR) is 57.5 cm³/mol. The van der Waals surface area contributed by atoms with Crippen LogP contribution in [0, 0.1) is 0 Å².